The number of hydrogen-bond donors (Lipinski definition) is 1. The van der Waals surface area contributed by atoms with Crippen LogP contribution < -0.4 is 5.32 Å². The molecule has 0 saturated carbocycles. The Labute approximate surface area is 144 Å². The van der Waals surface area contributed by atoms with Crippen molar-refractivity contribution in [2.75, 3.05) is 19.6 Å². The maximum atomic E-state index is 13.2. The van der Waals surface area contributed by atoms with Crippen molar-refractivity contribution in [3.63, 3.8) is 0 Å². The summed E-state index contributed by atoms with van der Waals surface area (Å²) in [6.07, 6.45) is 3.55. The number of nitrogens with zero attached hydrogens (tertiary/aromatic N) is 3. The first-order valence-electron chi connectivity index (χ1n) is 7.02. The number of nitrogens with one attached hydrogen (secondary N) is 1. The molecule has 1 aliphatic rings. The third kappa shape index (κ3) is 3.49. The molecule has 1 N–H and O–H groups in total. The van der Waals surface area contributed by atoms with E-state index in [1.165, 1.54) is 12.1 Å². The third-order valence-corrected chi connectivity index (χ3v) is 4.13. The predicted octanol–water partition coefficient (Wildman–Crippen LogP) is 2.42. The van der Waals surface area contributed by atoms with Crippen LogP contribution in [0.3, 0.4) is 0 Å². The molecule has 0 radical (unpaired) electrons. The van der Waals surface area contributed by atoms with Gasteiger partial charge in [-0.2, -0.15) is 0 Å². The van der Waals surface area contributed by atoms with Gasteiger partial charge in [0.2, 0.25) is 0 Å². The summed E-state index contributed by atoms with van der Waals surface area (Å²) in [7, 11) is 1.89. The molecule has 1 aromatic carbocycles. The zero-order valence-electron chi connectivity index (χ0n) is 12.5. The molecule has 124 valence electrons. The Hall–Kier alpha value is -1.63. The summed E-state index contributed by atoms with van der Waals surface area (Å²) in [6.45, 7) is 1.87. The number of rotatable bonds is 2. The van der Waals surface area contributed by atoms with E-state index >= 15 is 0 Å². The molecule has 1 amide bonds. The van der Waals surface area contributed by atoms with Crippen LogP contribution in [0.4, 0.5) is 4.39 Å². The fourth-order valence-electron chi connectivity index (χ4n) is 2.69. The van der Waals surface area contributed by atoms with E-state index in [0.717, 1.165) is 11.9 Å². The van der Waals surface area contributed by atoms with Crippen LogP contribution in [0.15, 0.2) is 30.6 Å². The van der Waals surface area contributed by atoms with Crippen LogP contribution in [-0.2, 0) is 7.05 Å². The molecule has 2 heterocycles. The van der Waals surface area contributed by atoms with Crippen LogP contribution in [0.25, 0.3) is 0 Å². The van der Waals surface area contributed by atoms with E-state index in [4.69, 9.17) is 11.6 Å². The lowest BCUT2D eigenvalue weighted by Crippen LogP contribution is -2.49. The standard InChI is InChI=1S/C15H16ClFN4O.ClH/c1-20-6-5-19-14(20)13-9-18-4-7-21(13)15(22)11-3-2-10(17)8-12(11)16;/h2-3,5-6,8,13,18H,4,7,9H2,1H3;1H. The first-order chi connectivity index (χ1) is 10.6. The number of amides is 1. The lowest BCUT2D eigenvalue weighted by atomic mass is 10.1. The molecule has 8 heteroatoms. The van der Waals surface area contributed by atoms with E-state index in [-0.39, 0.29) is 29.4 Å². The van der Waals surface area contributed by atoms with Crippen molar-refractivity contribution < 1.29 is 9.18 Å². The molecular weight excluding hydrogens is 342 g/mol. The van der Waals surface area contributed by atoms with E-state index in [0.29, 0.717) is 25.2 Å². The van der Waals surface area contributed by atoms with Crippen molar-refractivity contribution in [2.24, 2.45) is 7.05 Å². The van der Waals surface area contributed by atoms with E-state index < -0.39 is 5.82 Å². The lowest BCUT2D eigenvalue weighted by molar-refractivity contribution is 0.0621. The molecular formula is C15H17Cl2FN4O. The van der Waals surface area contributed by atoms with Gasteiger partial charge in [-0.3, -0.25) is 4.79 Å². The Morgan fingerprint density at radius 1 is 1.48 bits per heavy atom. The quantitative estimate of drug-likeness (QED) is 0.896. The third-order valence-electron chi connectivity index (χ3n) is 3.82. The minimum Gasteiger partial charge on any atom is -0.336 e. The zero-order chi connectivity index (χ0) is 15.7. The predicted molar refractivity (Wildman–Crippen MR) is 88.5 cm³/mol. The maximum absolute atomic E-state index is 13.2. The summed E-state index contributed by atoms with van der Waals surface area (Å²) in [4.78, 5) is 18.9. The number of carbonyl (C=O) groups excluding carboxylic acids is 1. The summed E-state index contributed by atoms with van der Waals surface area (Å²) in [5, 5.41) is 3.40. The molecule has 2 aromatic rings. The normalized spacial score (nSPS) is 17.7. The highest BCUT2D eigenvalue weighted by Gasteiger charge is 2.31. The second-order valence-corrected chi connectivity index (χ2v) is 5.65. The van der Waals surface area contributed by atoms with Crippen LogP contribution in [0, 0.1) is 5.82 Å². The number of hydrogen-bond acceptors (Lipinski definition) is 3. The number of carbonyl (C=O) groups is 1. The Kier molecular flexibility index (Phi) is 5.62. The number of halogens is 3. The molecule has 1 atom stereocenters. The van der Waals surface area contributed by atoms with Gasteiger partial charge >= 0.3 is 0 Å². The van der Waals surface area contributed by atoms with Crippen LogP contribution in [0.5, 0.6) is 0 Å². The fourth-order valence-corrected chi connectivity index (χ4v) is 2.94. The number of imidazole rings is 1. The summed E-state index contributed by atoms with van der Waals surface area (Å²) in [5.41, 5.74) is 0.309. The fraction of sp³-hybridized carbons (Fsp3) is 0.333. The molecule has 0 aliphatic carbocycles. The molecule has 5 nitrogen and oxygen atoms in total. The lowest BCUT2D eigenvalue weighted by Gasteiger charge is -2.36. The molecule has 1 unspecified atom stereocenters. The SMILES string of the molecule is Cl.Cn1ccnc1C1CNCCN1C(=O)c1ccc(F)cc1Cl. The largest absolute Gasteiger partial charge is 0.336 e. The molecule has 1 aromatic heterocycles. The van der Waals surface area contributed by atoms with Gasteiger partial charge in [-0.25, -0.2) is 9.37 Å². The Bertz CT molecular complexity index is 707. The van der Waals surface area contributed by atoms with E-state index in [2.05, 4.69) is 10.3 Å². The number of benzene rings is 1. The van der Waals surface area contributed by atoms with Crippen LogP contribution in [0.1, 0.15) is 22.2 Å². The van der Waals surface area contributed by atoms with Crippen molar-refractivity contribution in [1.82, 2.24) is 19.8 Å². The first-order valence-corrected chi connectivity index (χ1v) is 7.39. The highest BCUT2D eigenvalue weighted by atomic mass is 35.5. The summed E-state index contributed by atoms with van der Waals surface area (Å²) in [5.74, 6) is 0.140. The Balaban J connectivity index is 0.00000192. The van der Waals surface area contributed by atoms with Gasteiger partial charge in [-0.15, -0.1) is 12.4 Å². The summed E-state index contributed by atoms with van der Waals surface area (Å²) < 4.78 is 15.1. The van der Waals surface area contributed by atoms with Gasteiger partial charge in [-0.1, -0.05) is 11.6 Å². The zero-order valence-corrected chi connectivity index (χ0v) is 14.1. The van der Waals surface area contributed by atoms with E-state index in [1.807, 2.05) is 17.8 Å². The van der Waals surface area contributed by atoms with Crippen molar-refractivity contribution in [2.45, 2.75) is 6.04 Å². The highest BCUT2D eigenvalue weighted by Crippen LogP contribution is 2.26. The van der Waals surface area contributed by atoms with Crippen LogP contribution >= 0.6 is 24.0 Å². The van der Waals surface area contributed by atoms with Gasteiger partial charge < -0.3 is 14.8 Å². The minimum absolute atomic E-state index is 0. The second-order valence-electron chi connectivity index (χ2n) is 5.24. The van der Waals surface area contributed by atoms with E-state index in [9.17, 15) is 9.18 Å². The topological polar surface area (TPSA) is 50.2 Å². The Morgan fingerprint density at radius 2 is 2.26 bits per heavy atom. The average molecular weight is 359 g/mol. The highest BCUT2D eigenvalue weighted by molar-refractivity contribution is 6.33. The molecule has 1 aliphatic heterocycles. The Morgan fingerprint density at radius 3 is 2.91 bits per heavy atom. The van der Waals surface area contributed by atoms with Gasteiger partial charge in [0, 0.05) is 39.1 Å². The molecule has 23 heavy (non-hydrogen) atoms. The average Bonchev–Trinajstić information content (AvgIpc) is 2.93. The van der Waals surface area contributed by atoms with Crippen molar-refractivity contribution in [3.8, 4) is 0 Å². The van der Waals surface area contributed by atoms with E-state index in [1.54, 1.807) is 11.1 Å². The molecule has 1 saturated heterocycles. The van der Waals surface area contributed by atoms with Crippen molar-refractivity contribution in [1.29, 1.82) is 0 Å². The van der Waals surface area contributed by atoms with Gasteiger partial charge in [-0.05, 0) is 18.2 Å². The van der Waals surface area contributed by atoms with Gasteiger partial charge in [0.25, 0.3) is 5.91 Å². The van der Waals surface area contributed by atoms with Crippen LogP contribution in [-0.4, -0.2) is 40.0 Å². The van der Waals surface area contributed by atoms with Crippen molar-refractivity contribution >= 4 is 29.9 Å². The van der Waals surface area contributed by atoms with Crippen molar-refractivity contribution in [3.05, 3.63) is 52.8 Å². The van der Waals surface area contributed by atoms with Gasteiger partial charge in [0.1, 0.15) is 17.7 Å². The smallest absolute Gasteiger partial charge is 0.256 e. The number of aromatic nitrogens is 2. The maximum Gasteiger partial charge on any atom is 0.256 e. The monoisotopic (exact) mass is 358 g/mol. The molecule has 0 spiro atoms. The van der Waals surface area contributed by atoms with Gasteiger partial charge in [0.15, 0.2) is 0 Å². The second kappa shape index (κ2) is 7.29. The molecule has 3 rings (SSSR count). The molecule has 0 bridgehead atoms. The number of aryl methyl sites for hydroxylation is 1. The van der Waals surface area contributed by atoms with Gasteiger partial charge in [0.05, 0.1) is 10.6 Å². The minimum atomic E-state index is -0.456. The molecule has 1 fully saturated rings. The first kappa shape index (κ1) is 17.7. The summed E-state index contributed by atoms with van der Waals surface area (Å²) >= 11 is 6.02. The number of piperazine rings is 1. The van der Waals surface area contributed by atoms with Crippen LogP contribution in [0.2, 0.25) is 5.02 Å². The summed E-state index contributed by atoms with van der Waals surface area (Å²) in [6, 6.07) is 3.66.